The Balaban J connectivity index is 2.28. The van der Waals surface area contributed by atoms with Crippen LogP contribution in [0.25, 0.3) is 0 Å². The van der Waals surface area contributed by atoms with E-state index in [1.54, 1.807) is 11.3 Å². The topological polar surface area (TPSA) is 41.3 Å². The fourth-order valence-electron chi connectivity index (χ4n) is 3.26. The normalized spacial score (nSPS) is 30.6. The van der Waals surface area contributed by atoms with Gasteiger partial charge in [-0.2, -0.15) is 11.3 Å². The Labute approximate surface area is 114 Å². The van der Waals surface area contributed by atoms with Gasteiger partial charge in [-0.15, -0.1) is 0 Å². The van der Waals surface area contributed by atoms with E-state index >= 15 is 0 Å². The van der Waals surface area contributed by atoms with Crippen LogP contribution in [0.1, 0.15) is 44.2 Å². The summed E-state index contributed by atoms with van der Waals surface area (Å²) in [6.07, 6.45) is 5.01. The van der Waals surface area contributed by atoms with Gasteiger partial charge in [0.15, 0.2) is 0 Å². The molecule has 1 saturated carbocycles. The summed E-state index contributed by atoms with van der Waals surface area (Å²) in [5, 5.41) is 4.35. The Kier molecular flexibility index (Phi) is 4.43. The van der Waals surface area contributed by atoms with E-state index in [9.17, 15) is 0 Å². The molecule has 0 saturated heterocycles. The molecule has 0 bridgehead atoms. The standard InChI is InChI=1S/C14H25N3S/c1-11-4-7-14(8-5-11,17(2)3)13(16-15)12-6-9-18-10-12/h6,9-11,13,16H,4-5,7-8,15H2,1-3H3. The van der Waals surface area contributed by atoms with Crippen LogP contribution in [-0.2, 0) is 0 Å². The summed E-state index contributed by atoms with van der Waals surface area (Å²) in [6.45, 7) is 2.36. The Bertz CT molecular complexity index is 353. The summed E-state index contributed by atoms with van der Waals surface area (Å²) < 4.78 is 0. The van der Waals surface area contributed by atoms with Gasteiger partial charge in [-0.3, -0.25) is 11.3 Å². The molecule has 0 aliphatic heterocycles. The molecule has 3 N–H and O–H groups in total. The van der Waals surface area contributed by atoms with Crippen LogP contribution in [0, 0.1) is 5.92 Å². The minimum absolute atomic E-state index is 0.155. The zero-order valence-corrected chi connectivity index (χ0v) is 12.5. The predicted octanol–water partition coefficient (Wildman–Crippen LogP) is 2.76. The first kappa shape index (κ1) is 14.0. The first-order chi connectivity index (χ1) is 8.60. The SMILES string of the molecule is CC1CCC(C(NN)c2ccsc2)(N(C)C)CC1. The van der Waals surface area contributed by atoms with Crippen LogP contribution < -0.4 is 11.3 Å². The van der Waals surface area contributed by atoms with Crippen molar-refractivity contribution in [2.45, 2.75) is 44.2 Å². The number of hydrogen-bond donors (Lipinski definition) is 2. The lowest BCUT2D eigenvalue weighted by molar-refractivity contribution is 0.0430. The van der Waals surface area contributed by atoms with E-state index in [4.69, 9.17) is 5.84 Å². The summed E-state index contributed by atoms with van der Waals surface area (Å²) in [5.41, 5.74) is 4.56. The molecule has 0 radical (unpaired) electrons. The maximum Gasteiger partial charge on any atom is 0.0651 e. The molecule has 1 aliphatic carbocycles. The zero-order valence-electron chi connectivity index (χ0n) is 11.6. The van der Waals surface area contributed by atoms with Crippen molar-refractivity contribution in [1.29, 1.82) is 0 Å². The molecule has 3 nitrogen and oxygen atoms in total. The molecule has 1 aliphatic rings. The molecule has 4 heteroatoms. The second-order valence-corrected chi connectivity index (χ2v) is 6.62. The van der Waals surface area contributed by atoms with Crippen LogP contribution in [0.3, 0.4) is 0 Å². The zero-order chi connectivity index (χ0) is 13.2. The molecule has 0 amide bonds. The maximum absolute atomic E-state index is 5.88. The molecule has 1 unspecified atom stereocenters. The van der Waals surface area contributed by atoms with Gasteiger partial charge >= 0.3 is 0 Å². The molecule has 1 atom stereocenters. The van der Waals surface area contributed by atoms with E-state index in [0.29, 0.717) is 0 Å². The highest BCUT2D eigenvalue weighted by atomic mass is 32.1. The highest BCUT2D eigenvalue weighted by molar-refractivity contribution is 7.07. The summed E-state index contributed by atoms with van der Waals surface area (Å²) in [7, 11) is 4.37. The lowest BCUT2D eigenvalue weighted by atomic mass is 9.71. The van der Waals surface area contributed by atoms with Crippen molar-refractivity contribution in [2.24, 2.45) is 11.8 Å². The third-order valence-electron chi connectivity index (χ3n) is 4.61. The average Bonchev–Trinajstić information content (AvgIpc) is 2.86. The fourth-order valence-corrected chi connectivity index (χ4v) is 3.94. The predicted molar refractivity (Wildman–Crippen MR) is 78.4 cm³/mol. The number of nitrogens with one attached hydrogen (secondary N) is 1. The van der Waals surface area contributed by atoms with Crippen molar-refractivity contribution >= 4 is 11.3 Å². The van der Waals surface area contributed by atoms with Crippen LogP contribution in [0.2, 0.25) is 0 Å². The molecule has 18 heavy (non-hydrogen) atoms. The van der Waals surface area contributed by atoms with E-state index < -0.39 is 0 Å². The third kappa shape index (κ3) is 2.48. The average molecular weight is 267 g/mol. The van der Waals surface area contributed by atoms with Gasteiger partial charge in [0, 0.05) is 5.54 Å². The van der Waals surface area contributed by atoms with Gasteiger partial charge in [0.2, 0.25) is 0 Å². The quantitative estimate of drug-likeness (QED) is 0.651. The van der Waals surface area contributed by atoms with Crippen LogP contribution >= 0.6 is 11.3 Å². The molecule has 2 rings (SSSR count). The first-order valence-electron chi connectivity index (χ1n) is 6.76. The van der Waals surface area contributed by atoms with E-state index in [2.05, 4.69) is 48.2 Å². The van der Waals surface area contributed by atoms with E-state index in [1.165, 1.54) is 31.2 Å². The van der Waals surface area contributed by atoms with Gasteiger partial charge in [-0.25, -0.2) is 0 Å². The second kappa shape index (κ2) is 5.70. The van der Waals surface area contributed by atoms with Gasteiger partial charge in [0.25, 0.3) is 0 Å². The number of thiophene rings is 1. The first-order valence-corrected chi connectivity index (χ1v) is 7.70. The number of nitrogens with two attached hydrogens (primary N) is 1. The van der Waals surface area contributed by atoms with Crippen LogP contribution in [0.4, 0.5) is 0 Å². The van der Waals surface area contributed by atoms with Crippen molar-refractivity contribution in [2.75, 3.05) is 14.1 Å². The Morgan fingerprint density at radius 1 is 1.44 bits per heavy atom. The number of hydrazine groups is 1. The number of hydrogen-bond acceptors (Lipinski definition) is 4. The molecule has 102 valence electrons. The lowest BCUT2D eigenvalue weighted by Crippen LogP contribution is -2.56. The van der Waals surface area contributed by atoms with Gasteiger partial charge in [-0.05, 0) is 68.1 Å². The number of likely N-dealkylation sites (N-methyl/N-ethyl adjacent to an activating group) is 1. The van der Waals surface area contributed by atoms with Gasteiger partial charge in [-0.1, -0.05) is 6.92 Å². The molecular formula is C14H25N3S. The van der Waals surface area contributed by atoms with Crippen LogP contribution in [0.5, 0.6) is 0 Å². The summed E-state index contributed by atoms with van der Waals surface area (Å²) >= 11 is 1.74. The van der Waals surface area contributed by atoms with Crippen LogP contribution in [0.15, 0.2) is 16.8 Å². The number of nitrogens with zero attached hydrogens (tertiary/aromatic N) is 1. The van der Waals surface area contributed by atoms with Crippen molar-refractivity contribution < 1.29 is 0 Å². The van der Waals surface area contributed by atoms with Gasteiger partial charge in [0.05, 0.1) is 6.04 Å². The maximum atomic E-state index is 5.88. The van der Waals surface area contributed by atoms with Crippen LogP contribution in [-0.4, -0.2) is 24.5 Å². The van der Waals surface area contributed by atoms with Crippen molar-refractivity contribution in [3.05, 3.63) is 22.4 Å². The highest BCUT2D eigenvalue weighted by Crippen LogP contribution is 2.43. The molecule has 1 aromatic heterocycles. The molecular weight excluding hydrogens is 242 g/mol. The highest BCUT2D eigenvalue weighted by Gasteiger charge is 2.43. The largest absolute Gasteiger partial charge is 0.302 e. The monoisotopic (exact) mass is 267 g/mol. The molecule has 1 fully saturated rings. The van der Waals surface area contributed by atoms with Gasteiger partial charge < -0.3 is 4.90 Å². The van der Waals surface area contributed by atoms with E-state index in [0.717, 1.165) is 5.92 Å². The molecule has 0 aromatic carbocycles. The Morgan fingerprint density at radius 2 is 2.11 bits per heavy atom. The summed E-state index contributed by atoms with van der Waals surface area (Å²) in [5.74, 6) is 6.73. The summed E-state index contributed by atoms with van der Waals surface area (Å²) in [4.78, 5) is 2.38. The van der Waals surface area contributed by atoms with Crippen molar-refractivity contribution in [3.8, 4) is 0 Å². The Morgan fingerprint density at radius 3 is 2.56 bits per heavy atom. The summed E-state index contributed by atoms with van der Waals surface area (Å²) in [6, 6.07) is 2.42. The lowest BCUT2D eigenvalue weighted by Gasteiger charge is -2.49. The fraction of sp³-hybridized carbons (Fsp3) is 0.714. The smallest absolute Gasteiger partial charge is 0.0651 e. The second-order valence-electron chi connectivity index (χ2n) is 5.84. The molecule has 1 aromatic rings. The van der Waals surface area contributed by atoms with E-state index in [-0.39, 0.29) is 11.6 Å². The minimum Gasteiger partial charge on any atom is -0.302 e. The third-order valence-corrected chi connectivity index (χ3v) is 5.31. The Hall–Kier alpha value is -0.420. The van der Waals surface area contributed by atoms with Crippen molar-refractivity contribution in [3.63, 3.8) is 0 Å². The molecule has 0 spiro atoms. The number of rotatable bonds is 4. The molecule has 1 heterocycles. The van der Waals surface area contributed by atoms with Crippen molar-refractivity contribution in [1.82, 2.24) is 10.3 Å². The minimum atomic E-state index is 0.155. The van der Waals surface area contributed by atoms with Gasteiger partial charge in [0.1, 0.15) is 0 Å². The van der Waals surface area contributed by atoms with E-state index in [1.807, 2.05) is 0 Å².